The summed E-state index contributed by atoms with van der Waals surface area (Å²) in [5, 5.41) is 30.5. The lowest BCUT2D eigenvalue weighted by Gasteiger charge is -2.40. The van der Waals surface area contributed by atoms with Gasteiger partial charge in [0.1, 0.15) is 6.10 Å². The van der Waals surface area contributed by atoms with Crippen LogP contribution in [0.5, 0.6) is 0 Å². The molecule has 3 N–H and O–H groups in total. The molecule has 2 aliphatic heterocycles. The highest BCUT2D eigenvalue weighted by Crippen LogP contribution is 2.31. The van der Waals surface area contributed by atoms with Gasteiger partial charge in [-0.25, -0.2) is 4.98 Å². The minimum Gasteiger partial charge on any atom is -0.389 e. The summed E-state index contributed by atoms with van der Waals surface area (Å²) in [5.41, 5.74) is 0. The molecule has 7 heteroatoms. The lowest BCUT2D eigenvalue weighted by molar-refractivity contribution is -0.112. The molecule has 0 bridgehead atoms. The van der Waals surface area contributed by atoms with E-state index in [0.29, 0.717) is 24.9 Å². The zero-order valence-corrected chi connectivity index (χ0v) is 15.3. The van der Waals surface area contributed by atoms with E-state index >= 15 is 0 Å². The minimum absolute atomic E-state index is 0.434. The SMILES string of the molecule is CC(C)c1cnc(N2CCC[C@H](CN3CC(O)C(O)C(O)C3)C2)s1. The fraction of sp³-hybridized carbons (Fsp3) is 0.824. The van der Waals surface area contributed by atoms with Crippen LogP contribution < -0.4 is 4.90 Å². The molecule has 2 saturated heterocycles. The maximum absolute atomic E-state index is 9.86. The standard InChI is InChI=1S/C17H29N3O3S/c1-11(2)15-6-18-17(24-15)20-5-3-4-12(8-20)7-19-9-13(21)16(23)14(22)10-19/h6,11-14,16,21-23H,3-5,7-10H2,1-2H3/t12-,13?,14?,16?/m1/s1. The summed E-state index contributed by atoms with van der Waals surface area (Å²) in [6, 6.07) is 0. The van der Waals surface area contributed by atoms with E-state index in [2.05, 4.69) is 28.6 Å². The van der Waals surface area contributed by atoms with Crippen LogP contribution in [0.3, 0.4) is 0 Å². The number of aliphatic hydroxyl groups excluding tert-OH is 3. The Morgan fingerprint density at radius 3 is 2.54 bits per heavy atom. The van der Waals surface area contributed by atoms with E-state index in [1.165, 1.54) is 4.88 Å². The Kier molecular flexibility index (Phi) is 5.77. The summed E-state index contributed by atoms with van der Waals surface area (Å²) in [5.74, 6) is 1.01. The first-order chi connectivity index (χ1) is 11.4. The third-order valence-corrected chi connectivity index (χ3v) is 6.42. The molecule has 0 spiro atoms. The Bertz CT molecular complexity index is 527. The van der Waals surface area contributed by atoms with Crippen LogP contribution in [-0.2, 0) is 0 Å². The van der Waals surface area contributed by atoms with Crippen LogP contribution in [0.15, 0.2) is 6.20 Å². The second-order valence-corrected chi connectivity index (χ2v) is 8.54. The summed E-state index contributed by atoms with van der Waals surface area (Å²) < 4.78 is 0. The van der Waals surface area contributed by atoms with E-state index in [1.54, 1.807) is 11.3 Å². The number of thiazole rings is 1. The normalized spacial score (nSPS) is 32.5. The van der Waals surface area contributed by atoms with E-state index in [4.69, 9.17) is 0 Å². The molecule has 2 fully saturated rings. The first-order valence-corrected chi connectivity index (χ1v) is 9.73. The van der Waals surface area contributed by atoms with Crippen molar-refractivity contribution in [2.45, 2.75) is 50.9 Å². The zero-order chi connectivity index (χ0) is 17.3. The Morgan fingerprint density at radius 1 is 1.21 bits per heavy atom. The van der Waals surface area contributed by atoms with Crippen molar-refractivity contribution in [1.82, 2.24) is 9.88 Å². The fourth-order valence-electron chi connectivity index (χ4n) is 3.67. The molecule has 1 aromatic heterocycles. The van der Waals surface area contributed by atoms with E-state index < -0.39 is 18.3 Å². The molecule has 24 heavy (non-hydrogen) atoms. The van der Waals surface area contributed by atoms with E-state index in [1.807, 2.05) is 6.20 Å². The van der Waals surface area contributed by atoms with Gasteiger partial charge in [-0.15, -0.1) is 11.3 Å². The third kappa shape index (κ3) is 4.08. The summed E-state index contributed by atoms with van der Waals surface area (Å²) in [7, 11) is 0. The number of anilines is 1. The highest BCUT2D eigenvalue weighted by atomic mass is 32.1. The van der Waals surface area contributed by atoms with Crippen LogP contribution in [0.4, 0.5) is 5.13 Å². The van der Waals surface area contributed by atoms with Crippen molar-refractivity contribution < 1.29 is 15.3 Å². The highest BCUT2D eigenvalue weighted by Gasteiger charge is 2.34. The van der Waals surface area contributed by atoms with Gasteiger partial charge in [0.25, 0.3) is 0 Å². The van der Waals surface area contributed by atoms with E-state index in [0.717, 1.165) is 37.6 Å². The van der Waals surface area contributed by atoms with Crippen molar-refractivity contribution in [2.75, 3.05) is 37.6 Å². The molecule has 1 aromatic rings. The van der Waals surface area contributed by atoms with Gasteiger partial charge < -0.3 is 20.2 Å². The maximum atomic E-state index is 9.86. The van der Waals surface area contributed by atoms with E-state index in [-0.39, 0.29) is 0 Å². The second kappa shape index (κ2) is 7.66. The van der Waals surface area contributed by atoms with Crippen LogP contribution in [0, 0.1) is 5.92 Å². The first kappa shape index (κ1) is 18.1. The minimum atomic E-state index is -1.02. The van der Waals surface area contributed by atoms with Crippen LogP contribution in [0.1, 0.15) is 37.5 Å². The van der Waals surface area contributed by atoms with Crippen LogP contribution >= 0.6 is 11.3 Å². The van der Waals surface area contributed by atoms with Crippen molar-refractivity contribution >= 4 is 16.5 Å². The molecule has 2 unspecified atom stereocenters. The zero-order valence-electron chi connectivity index (χ0n) is 14.5. The number of hydrogen-bond donors (Lipinski definition) is 3. The number of nitrogens with zero attached hydrogens (tertiary/aromatic N) is 3. The van der Waals surface area contributed by atoms with Crippen LogP contribution in [-0.4, -0.2) is 76.2 Å². The van der Waals surface area contributed by atoms with Crippen molar-refractivity contribution in [2.24, 2.45) is 5.92 Å². The van der Waals surface area contributed by atoms with Gasteiger partial charge in [0, 0.05) is 43.8 Å². The number of rotatable bonds is 4. The molecule has 2 aliphatic rings. The van der Waals surface area contributed by atoms with Crippen LogP contribution in [0.25, 0.3) is 0 Å². The number of β-amino-alcohol motifs (C(OH)–C–C–N with tert-alkyl or cyclic N) is 2. The Labute approximate surface area is 147 Å². The number of piperidine rings is 2. The molecule has 0 saturated carbocycles. The van der Waals surface area contributed by atoms with Gasteiger partial charge in [0.15, 0.2) is 5.13 Å². The first-order valence-electron chi connectivity index (χ1n) is 8.91. The van der Waals surface area contributed by atoms with Crippen molar-refractivity contribution in [3.63, 3.8) is 0 Å². The molecule has 0 radical (unpaired) electrons. The molecule has 0 aliphatic carbocycles. The average molecular weight is 356 g/mol. The molecular formula is C17H29N3O3S. The molecule has 3 heterocycles. The van der Waals surface area contributed by atoms with Gasteiger partial charge in [0.2, 0.25) is 0 Å². The van der Waals surface area contributed by atoms with Gasteiger partial charge in [-0.05, 0) is 24.7 Å². The molecular weight excluding hydrogens is 326 g/mol. The third-order valence-electron chi connectivity index (χ3n) is 5.07. The van der Waals surface area contributed by atoms with Gasteiger partial charge in [0.05, 0.1) is 12.2 Å². The monoisotopic (exact) mass is 355 g/mol. The van der Waals surface area contributed by atoms with Gasteiger partial charge in [-0.1, -0.05) is 13.8 Å². The molecule has 136 valence electrons. The largest absolute Gasteiger partial charge is 0.389 e. The summed E-state index contributed by atoms with van der Waals surface area (Å²) in [6.45, 7) is 8.11. The Balaban J connectivity index is 1.57. The summed E-state index contributed by atoms with van der Waals surface area (Å²) in [6.07, 6.45) is 1.55. The van der Waals surface area contributed by atoms with Crippen LogP contribution in [0.2, 0.25) is 0 Å². The van der Waals surface area contributed by atoms with Crippen molar-refractivity contribution in [3.8, 4) is 0 Å². The smallest absolute Gasteiger partial charge is 0.185 e. The number of likely N-dealkylation sites (tertiary alicyclic amines) is 1. The molecule has 0 aromatic carbocycles. The predicted octanol–water partition coefficient (Wildman–Crippen LogP) is 0.881. The van der Waals surface area contributed by atoms with Gasteiger partial charge in [-0.2, -0.15) is 0 Å². The summed E-state index contributed by atoms with van der Waals surface area (Å²) >= 11 is 1.78. The maximum Gasteiger partial charge on any atom is 0.185 e. The molecule has 0 amide bonds. The second-order valence-electron chi connectivity index (χ2n) is 7.50. The summed E-state index contributed by atoms with van der Waals surface area (Å²) in [4.78, 5) is 10.4. The van der Waals surface area contributed by atoms with Gasteiger partial charge in [-0.3, -0.25) is 4.90 Å². The Hall–Kier alpha value is -0.730. The highest BCUT2D eigenvalue weighted by molar-refractivity contribution is 7.15. The topological polar surface area (TPSA) is 80.1 Å². The number of aromatic nitrogens is 1. The average Bonchev–Trinajstić information content (AvgIpc) is 3.03. The number of aliphatic hydroxyl groups is 3. The fourth-order valence-corrected chi connectivity index (χ4v) is 4.62. The lowest BCUT2D eigenvalue weighted by Crippen LogP contribution is -2.56. The molecule has 6 nitrogen and oxygen atoms in total. The Morgan fingerprint density at radius 2 is 1.92 bits per heavy atom. The number of hydrogen-bond acceptors (Lipinski definition) is 7. The van der Waals surface area contributed by atoms with Gasteiger partial charge >= 0.3 is 0 Å². The lowest BCUT2D eigenvalue weighted by atomic mass is 9.95. The van der Waals surface area contributed by atoms with Crippen molar-refractivity contribution in [3.05, 3.63) is 11.1 Å². The predicted molar refractivity (Wildman–Crippen MR) is 95.6 cm³/mol. The molecule has 3 rings (SSSR count). The van der Waals surface area contributed by atoms with E-state index in [9.17, 15) is 15.3 Å². The molecule has 3 atom stereocenters. The quantitative estimate of drug-likeness (QED) is 0.744. The van der Waals surface area contributed by atoms with Crippen molar-refractivity contribution in [1.29, 1.82) is 0 Å².